The van der Waals surface area contributed by atoms with Gasteiger partial charge in [-0.1, -0.05) is 32.2 Å². The third-order valence-electron chi connectivity index (χ3n) is 8.14. The van der Waals surface area contributed by atoms with E-state index in [2.05, 4.69) is 13.2 Å². The monoisotopic (exact) mass is 794 g/mol. The van der Waals surface area contributed by atoms with Crippen LogP contribution in [-0.4, -0.2) is 76.0 Å². The summed E-state index contributed by atoms with van der Waals surface area (Å²) in [6, 6.07) is 23.1. The molecule has 0 bridgehead atoms. The molecule has 58 heavy (non-hydrogen) atoms. The molecule has 302 valence electrons. The quantitative estimate of drug-likeness (QED) is 0.0209. The summed E-state index contributed by atoms with van der Waals surface area (Å²) in [6.45, 7) is 8.56. The lowest BCUT2D eigenvalue weighted by Gasteiger charge is -2.13. The number of Topliss-reactive ketones (excluding diaryl/α,β-unsaturated/α-hetero) is 1. The van der Waals surface area contributed by atoms with Gasteiger partial charge in [0.1, 0.15) is 18.1 Å². The van der Waals surface area contributed by atoms with E-state index in [1.165, 1.54) is 61.7 Å². The maximum absolute atomic E-state index is 12.7. The summed E-state index contributed by atoms with van der Waals surface area (Å²) in [5.74, 6) is -2.45. The van der Waals surface area contributed by atoms with Crippen LogP contribution in [0, 0.1) is 5.92 Å². The summed E-state index contributed by atoms with van der Waals surface area (Å²) in [7, 11) is 1.37. The van der Waals surface area contributed by atoms with Gasteiger partial charge in [0.15, 0.2) is 17.3 Å². The smallest absolute Gasteiger partial charge is 0.343 e. The van der Waals surface area contributed by atoms with Crippen LogP contribution in [-0.2, 0) is 35.0 Å². The molecule has 0 aliphatic carbocycles. The number of methoxy groups -OCH3 is 1. The summed E-state index contributed by atoms with van der Waals surface area (Å²) in [5, 5.41) is 0. The number of hydrogen-bond acceptors (Lipinski definition) is 14. The predicted octanol–water partition coefficient (Wildman–Crippen LogP) is 6.55. The highest BCUT2D eigenvalue weighted by atomic mass is 16.7. The molecule has 4 aromatic rings. The minimum atomic E-state index is -0.684. The summed E-state index contributed by atoms with van der Waals surface area (Å²) in [4.78, 5) is 73.0. The number of benzene rings is 4. The van der Waals surface area contributed by atoms with Crippen molar-refractivity contribution in [2.24, 2.45) is 5.92 Å². The molecule has 14 heteroatoms. The maximum Gasteiger partial charge on any atom is 0.343 e. The SMILES string of the molecule is C=CC(=O)OCCc1ccc(C(=O)Oc2ccc(C(=O)COCC(C)CCOC(=O)c3ccc(OC(=O)c4ccc(OCOC(=O)C=C)cc4)c(OC)c3)cc2)cc1. The zero-order chi connectivity index (χ0) is 41.9. The van der Waals surface area contributed by atoms with Crippen molar-refractivity contribution in [2.75, 3.05) is 40.3 Å². The van der Waals surface area contributed by atoms with Gasteiger partial charge in [0.05, 0.1) is 37.0 Å². The lowest BCUT2D eigenvalue weighted by molar-refractivity contribution is -0.144. The van der Waals surface area contributed by atoms with Crippen LogP contribution in [0.3, 0.4) is 0 Å². The molecule has 4 rings (SSSR count). The molecule has 0 radical (unpaired) electrons. The number of esters is 5. The Kier molecular flexibility index (Phi) is 16.9. The minimum absolute atomic E-state index is 0.0435. The number of rotatable bonds is 22. The van der Waals surface area contributed by atoms with Gasteiger partial charge in [0, 0.05) is 30.7 Å². The van der Waals surface area contributed by atoms with E-state index >= 15 is 0 Å². The summed E-state index contributed by atoms with van der Waals surface area (Å²) < 4.78 is 42.2. The van der Waals surface area contributed by atoms with Gasteiger partial charge in [0.2, 0.25) is 6.79 Å². The first kappa shape index (κ1) is 43.7. The Morgan fingerprint density at radius 3 is 1.86 bits per heavy atom. The van der Waals surface area contributed by atoms with Crippen LogP contribution < -0.4 is 18.9 Å². The van der Waals surface area contributed by atoms with Crippen LogP contribution in [0.1, 0.15) is 60.3 Å². The molecule has 4 aromatic carbocycles. The zero-order valence-corrected chi connectivity index (χ0v) is 32.0. The molecule has 0 aliphatic rings. The van der Waals surface area contributed by atoms with Crippen molar-refractivity contribution in [3.05, 3.63) is 144 Å². The number of hydrogen-bond donors (Lipinski definition) is 0. The van der Waals surface area contributed by atoms with E-state index in [-0.39, 0.29) is 73.3 Å². The van der Waals surface area contributed by atoms with Crippen LogP contribution in [0.2, 0.25) is 0 Å². The predicted molar refractivity (Wildman–Crippen MR) is 208 cm³/mol. The molecule has 0 spiro atoms. The Labute approximate surface area is 334 Å². The Morgan fingerprint density at radius 1 is 0.621 bits per heavy atom. The van der Waals surface area contributed by atoms with Gasteiger partial charge in [-0.3, -0.25) is 4.79 Å². The second-order valence-electron chi connectivity index (χ2n) is 12.4. The topological polar surface area (TPSA) is 176 Å². The third-order valence-corrected chi connectivity index (χ3v) is 8.14. The second kappa shape index (κ2) is 22.5. The Bertz CT molecular complexity index is 2070. The Balaban J connectivity index is 1.14. The van der Waals surface area contributed by atoms with E-state index in [1.807, 2.05) is 6.92 Å². The molecule has 0 amide bonds. The van der Waals surface area contributed by atoms with Gasteiger partial charge in [-0.05, 0) is 96.8 Å². The standard InChI is InChI=1S/C44H42O14/c1-5-40(46)53-24-22-30-7-9-32(10-8-30)43(49)57-36-18-11-31(12-19-36)37(45)27-52-26-29(3)21-23-54-42(48)34-15-20-38(39(25-34)51-4)58-44(50)33-13-16-35(17-14-33)55-28-56-41(47)6-2/h5-20,25,29H,1-2,21-24,26-28H2,3-4H3. The molecular formula is C44H42O14. The van der Waals surface area contributed by atoms with Crippen molar-refractivity contribution in [3.8, 4) is 23.0 Å². The molecule has 1 unspecified atom stereocenters. The molecule has 0 fully saturated rings. The van der Waals surface area contributed by atoms with Gasteiger partial charge in [-0.2, -0.15) is 0 Å². The van der Waals surface area contributed by atoms with Crippen molar-refractivity contribution in [2.45, 2.75) is 19.8 Å². The molecule has 1 atom stereocenters. The van der Waals surface area contributed by atoms with Crippen LogP contribution in [0.5, 0.6) is 23.0 Å². The van der Waals surface area contributed by atoms with Crippen LogP contribution in [0.4, 0.5) is 0 Å². The zero-order valence-electron chi connectivity index (χ0n) is 32.0. The Morgan fingerprint density at radius 2 is 1.21 bits per heavy atom. The van der Waals surface area contributed by atoms with E-state index in [0.29, 0.717) is 29.7 Å². The van der Waals surface area contributed by atoms with E-state index in [0.717, 1.165) is 17.7 Å². The van der Waals surface area contributed by atoms with E-state index in [4.69, 9.17) is 37.9 Å². The largest absolute Gasteiger partial charge is 0.493 e. The van der Waals surface area contributed by atoms with Gasteiger partial charge >= 0.3 is 29.8 Å². The van der Waals surface area contributed by atoms with Crippen LogP contribution >= 0.6 is 0 Å². The lowest BCUT2D eigenvalue weighted by Crippen LogP contribution is -2.16. The third kappa shape index (κ3) is 13.9. The fourth-order valence-corrected chi connectivity index (χ4v) is 4.91. The van der Waals surface area contributed by atoms with E-state index in [1.54, 1.807) is 36.4 Å². The Hall–Kier alpha value is -7.06. The second-order valence-corrected chi connectivity index (χ2v) is 12.4. The molecule has 0 aromatic heterocycles. The number of ether oxygens (including phenoxy) is 8. The highest BCUT2D eigenvalue weighted by Crippen LogP contribution is 2.29. The van der Waals surface area contributed by atoms with Crippen LogP contribution in [0.25, 0.3) is 0 Å². The average Bonchev–Trinajstić information content (AvgIpc) is 3.24. The van der Waals surface area contributed by atoms with Crippen molar-refractivity contribution >= 4 is 35.6 Å². The first-order valence-electron chi connectivity index (χ1n) is 17.9. The van der Waals surface area contributed by atoms with Gasteiger partial charge < -0.3 is 37.9 Å². The fourth-order valence-electron chi connectivity index (χ4n) is 4.91. The van der Waals surface area contributed by atoms with Gasteiger partial charge in [-0.15, -0.1) is 0 Å². The van der Waals surface area contributed by atoms with Crippen molar-refractivity contribution in [3.63, 3.8) is 0 Å². The van der Waals surface area contributed by atoms with Crippen molar-refractivity contribution in [1.82, 2.24) is 0 Å². The molecule has 0 aliphatic heterocycles. The van der Waals surface area contributed by atoms with Gasteiger partial charge in [0.25, 0.3) is 0 Å². The van der Waals surface area contributed by atoms with Gasteiger partial charge in [-0.25, -0.2) is 24.0 Å². The van der Waals surface area contributed by atoms with Crippen LogP contribution in [0.15, 0.2) is 116 Å². The number of ketones is 1. The molecule has 0 saturated heterocycles. The van der Waals surface area contributed by atoms with Crippen molar-refractivity contribution in [1.29, 1.82) is 0 Å². The lowest BCUT2D eigenvalue weighted by atomic mass is 10.1. The van der Waals surface area contributed by atoms with E-state index < -0.39 is 29.8 Å². The number of carbonyl (C=O) groups excluding carboxylic acids is 6. The molecular weight excluding hydrogens is 752 g/mol. The normalized spacial score (nSPS) is 10.9. The molecule has 0 heterocycles. The fraction of sp³-hybridized carbons (Fsp3) is 0.227. The minimum Gasteiger partial charge on any atom is -0.493 e. The molecule has 0 saturated carbocycles. The highest BCUT2D eigenvalue weighted by molar-refractivity contribution is 5.97. The average molecular weight is 795 g/mol. The maximum atomic E-state index is 12.7. The molecule has 14 nitrogen and oxygen atoms in total. The summed E-state index contributed by atoms with van der Waals surface area (Å²) >= 11 is 0. The van der Waals surface area contributed by atoms with E-state index in [9.17, 15) is 28.8 Å². The summed E-state index contributed by atoms with van der Waals surface area (Å²) in [5.41, 5.74) is 1.98. The first-order valence-corrected chi connectivity index (χ1v) is 17.9. The number of carbonyl (C=O) groups is 6. The summed E-state index contributed by atoms with van der Waals surface area (Å²) in [6.07, 6.45) is 3.05. The highest BCUT2D eigenvalue weighted by Gasteiger charge is 2.17. The molecule has 0 N–H and O–H groups in total. The van der Waals surface area contributed by atoms with Crippen molar-refractivity contribution < 1.29 is 66.7 Å². The first-order chi connectivity index (χ1) is 28.0.